The second kappa shape index (κ2) is 11.9. The standard InChI is InChI=1S/C32H34F2O12/c1-12-29(46-30-16(33)7-5-9-43-30)28(40)23(34)31(44-12)45-18-11-32(41,13(2)35)10-15-20(18)27(39)22-21(25(15)37)24(36)14-6-4-8-17(42-3)19(14)26(22)38/h4,6,8,12,16,18,23,28-31,37,39-41H,5,7,9-11H2,1-3H3/t12-,16-,18?,23+,28-,29+,30+,31-,32?/m0/s1. The Balaban J connectivity index is 1.38. The SMILES string of the molecule is COc1cccc2c1C(=O)c1c(O)c3c(c(O)c1C2=O)CC(O)(C(C)=O)CC3O[C@@H]1O[C@@H](C)[C@@H](O[C@H]2OCCC[C@@H]2F)[C@@H](O)[C@H]1F. The Kier molecular flexibility index (Phi) is 8.40. The molecule has 12 nitrogen and oxygen atoms in total. The smallest absolute Gasteiger partial charge is 0.202 e. The highest BCUT2D eigenvalue weighted by atomic mass is 19.1. The van der Waals surface area contributed by atoms with Crippen LogP contribution in [0.2, 0.25) is 0 Å². The normalized spacial score (nSPS) is 34.0. The molecule has 0 bridgehead atoms. The third-order valence-corrected chi connectivity index (χ3v) is 9.26. The molecule has 0 amide bonds. The molecule has 9 atom stereocenters. The fraction of sp³-hybridized carbons (Fsp3) is 0.531. The first-order chi connectivity index (χ1) is 21.8. The summed E-state index contributed by atoms with van der Waals surface area (Å²) in [5.41, 5.74) is -4.07. The second-order valence-corrected chi connectivity index (χ2v) is 12.1. The van der Waals surface area contributed by atoms with E-state index in [2.05, 4.69) is 0 Å². The maximum atomic E-state index is 15.7. The number of carbonyl (C=O) groups excluding carboxylic acids is 3. The number of aliphatic hydroxyl groups is 2. The minimum atomic E-state index is -2.31. The van der Waals surface area contributed by atoms with E-state index in [9.17, 15) is 39.2 Å². The molecule has 2 heterocycles. The van der Waals surface area contributed by atoms with Gasteiger partial charge in [-0.3, -0.25) is 14.4 Å². The monoisotopic (exact) mass is 648 g/mol. The molecule has 46 heavy (non-hydrogen) atoms. The number of phenols is 2. The lowest BCUT2D eigenvalue weighted by molar-refractivity contribution is -0.327. The van der Waals surface area contributed by atoms with Gasteiger partial charge in [0, 0.05) is 36.1 Å². The van der Waals surface area contributed by atoms with Crippen molar-refractivity contribution in [3.05, 3.63) is 51.6 Å². The number of aliphatic hydroxyl groups excluding tert-OH is 1. The fourth-order valence-electron chi connectivity index (χ4n) is 6.74. The van der Waals surface area contributed by atoms with Crippen LogP contribution in [-0.4, -0.2) is 100 Å². The number of alkyl halides is 2. The zero-order valence-electron chi connectivity index (χ0n) is 25.2. The lowest BCUT2D eigenvalue weighted by Crippen LogP contribution is -2.58. The number of carbonyl (C=O) groups is 3. The van der Waals surface area contributed by atoms with Crippen molar-refractivity contribution in [3.8, 4) is 17.2 Å². The van der Waals surface area contributed by atoms with E-state index in [-0.39, 0.29) is 41.0 Å². The molecule has 2 aliphatic carbocycles. The molecular formula is C32H34F2O12. The summed E-state index contributed by atoms with van der Waals surface area (Å²) in [7, 11) is 1.29. The van der Waals surface area contributed by atoms with Crippen LogP contribution >= 0.6 is 0 Å². The van der Waals surface area contributed by atoms with Crippen LogP contribution in [0, 0.1) is 0 Å². The first-order valence-electron chi connectivity index (χ1n) is 14.9. The predicted octanol–water partition coefficient (Wildman–Crippen LogP) is 2.51. The van der Waals surface area contributed by atoms with Crippen LogP contribution in [-0.2, 0) is 30.2 Å². The number of phenolic OH excluding ortho intramolecular Hbond substituents is 2. The molecule has 2 aromatic carbocycles. The average molecular weight is 649 g/mol. The number of hydrogen-bond donors (Lipinski definition) is 4. The average Bonchev–Trinajstić information content (AvgIpc) is 3.02. The Morgan fingerprint density at radius 2 is 1.76 bits per heavy atom. The highest BCUT2D eigenvalue weighted by Crippen LogP contribution is 2.52. The second-order valence-electron chi connectivity index (χ2n) is 12.1. The quantitative estimate of drug-likeness (QED) is 0.288. The largest absolute Gasteiger partial charge is 0.507 e. The Morgan fingerprint density at radius 1 is 1.04 bits per heavy atom. The van der Waals surface area contributed by atoms with Gasteiger partial charge < -0.3 is 44.1 Å². The minimum absolute atomic E-state index is 0.0465. The molecule has 14 heteroatoms. The van der Waals surface area contributed by atoms with E-state index < -0.39 is 108 Å². The van der Waals surface area contributed by atoms with Gasteiger partial charge in [-0.2, -0.15) is 0 Å². The molecule has 2 fully saturated rings. The fourth-order valence-corrected chi connectivity index (χ4v) is 6.74. The van der Waals surface area contributed by atoms with Gasteiger partial charge in [0.25, 0.3) is 0 Å². The van der Waals surface area contributed by atoms with E-state index in [1.165, 1.54) is 32.2 Å². The van der Waals surface area contributed by atoms with Crippen LogP contribution in [0.15, 0.2) is 18.2 Å². The number of halogens is 2. The summed E-state index contributed by atoms with van der Waals surface area (Å²) in [5, 5.41) is 45.2. The van der Waals surface area contributed by atoms with Crippen LogP contribution in [0.1, 0.15) is 82.2 Å². The van der Waals surface area contributed by atoms with Crippen molar-refractivity contribution in [2.75, 3.05) is 13.7 Å². The first-order valence-corrected chi connectivity index (χ1v) is 14.9. The molecule has 6 rings (SSSR count). The topological polar surface area (TPSA) is 178 Å². The maximum Gasteiger partial charge on any atom is 0.202 e. The van der Waals surface area contributed by atoms with Gasteiger partial charge in [-0.25, -0.2) is 8.78 Å². The molecule has 0 aromatic heterocycles. The third kappa shape index (κ3) is 5.07. The summed E-state index contributed by atoms with van der Waals surface area (Å²) in [5.74, 6) is -3.91. The highest BCUT2D eigenvalue weighted by molar-refractivity contribution is 6.31. The van der Waals surface area contributed by atoms with Gasteiger partial charge in [0.1, 0.15) is 35.1 Å². The van der Waals surface area contributed by atoms with E-state index in [0.717, 1.165) is 6.92 Å². The molecule has 0 radical (unpaired) electrons. The molecule has 2 unspecified atom stereocenters. The number of Topliss-reactive ketones (excluding diaryl/α,β-unsaturated/α-hetero) is 1. The number of ether oxygens (including phenoxy) is 5. The zero-order chi connectivity index (χ0) is 33.2. The zero-order valence-corrected chi connectivity index (χ0v) is 25.2. The molecule has 0 spiro atoms. The number of fused-ring (bicyclic) bond motifs is 3. The van der Waals surface area contributed by atoms with Crippen LogP contribution in [0.5, 0.6) is 17.2 Å². The highest BCUT2D eigenvalue weighted by Gasteiger charge is 2.52. The summed E-state index contributed by atoms with van der Waals surface area (Å²) in [6.45, 7) is 2.74. The first kappa shape index (κ1) is 32.4. The Hall–Kier alpha value is -3.53. The van der Waals surface area contributed by atoms with Gasteiger partial charge in [0.05, 0.1) is 36.0 Å². The van der Waals surface area contributed by atoms with Crippen molar-refractivity contribution in [1.29, 1.82) is 0 Å². The molecule has 4 aliphatic rings. The molecule has 0 saturated carbocycles. The van der Waals surface area contributed by atoms with Crippen molar-refractivity contribution < 1.29 is 67.3 Å². The number of aromatic hydroxyl groups is 2. The summed E-state index contributed by atoms with van der Waals surface area (Å²) in [4.78, 5) is 40.0. The summed E-state index contributed by atoms with van der Waals surface area (Å²) >= 11 is 0. The van der Waals surface area contributed by atoms with Crippen molar-refractivity contribution in [2.45, 2.75) is 94.5 Å². The predicted molar refractivity (Wildman–Crippen MR) is 151 cm³/mol. The molecule has 248 valence electrons. The lowest BCUT2D eigenvalue weighted by Gasteiger charge is -2.44. The van der Waals surface area contributed by atoms with E-state index in [1.54, 1.807) is 0 Å². The Labute approximate surface area is 261 Å². The summed E-state index contributed by atoms with van der Waals surface area (Å²) < 4.78 is 57.8. The van der Waals surface area contributed by atoms with Gasteiger partial charge in [-0.1, -0.05) is 12.1 Å². The molecule has 2 saturated heterocycles. The minimum Gasteiger partial charge on any atom is -0.507 e. The molecule has 4 N–H and O–H groups in total. The summed E-state index contributed by atoms with van der Waals surface area (Å²) in [6.07, 6.45) is -13.4. The molecule has 2 aliphatic heterocycles. The Morgan fingerprint density at radius 3 is 2.43 bits per heavy atom. The number of hydrogen-bond acceptors (Lipinski definition) is 12. The summed E-state index contributed by atoms with van der Waals surface area (Å²) in [6, 6.07) is 4.28. The van der Waals surface area contributed by atoms with Gasteiger partial charge in [-0.05, 0) is 32.8 Å². The van der Waals surface area contributed by atoms with Crippen LogP contribution < -0.4 is 4.74 Å². The number of methoxy groups -OCH3 is 1. The molecular weight excluding hydrogens is 614 g/mol. The molecule has 2 aromatic rings. The van der Waals surface area contributed by atoms with Crippen molar-refractivity contribution in [1.82, 2.24) is 0 Å². The van der Waals surface area contributed by atoms with Gasteiger partial charge in [-0.15, -0.1) is 0 Å². The van der Waals surface area contributed by atoms with Crippen molar-refractivity contribution >= 4 is 17.3 Å². The van der Waals surface area contributed by atoms with Gasteiger partial charge in [0.15, 0.2) is 36.5 Å². The third-order valence-electron chi connectivity index (χ3n) is 9.26. The van der Waals surface area contributed by atoms with Gasteiger partial charge in [0.2, 0.25) is 5.78 Å². The van der Waals surface area contributed by atoms with Crippen LogP contribution in [0.4, 0.5) is 8.78 Å². The maximum absolute atomic E-state index is 15.7. The number of benzene rings is 2. The van der Waals surface area contributed by atoms with Crippen molar-refractivity contribution in [3.63, 3.8) is 0 Å². The van der Waals surface area contributed by atoms with E-state index in [1.807, 2.05) is 0 Å². The van der Waals surface area contributed by atoms with Gasteiger partial charge >= 0.3 is 0 Å². The van der Waals surface area contributed by atoms with E-state index in [0.29, 0.717) is 6.42 Å². The number of ketones is 3. The van der Waals surface area contributed by atoms with Crippen molar-refractivity contribution in [2.24, 2.45) is 0 Å². The van der Waals surface area contributed by atoms with E-state index in [4.69, 9.17) is 23.7 Å². The Bertz CT molecular complexity index is 1600. The number of rotatable bonds is 6. The van der Waals surface area contributed by atoms with Crippen LogP contribution in [0.3, 0.4) is 0 Å². The van der Waals surface area contributed by atoms with E-state index >= 15 is 4.39 Å². The van der Waals surface area contributed by atoms with Crippen LogP contribution in [0.25, 0.3) is 0 Å². The lowest BCUT2D eigenvalue weighted by atomic mass is 9.72.